The van der Waals surface area contributed by atoms with E-state index in [9.17, 15) is 0 Å². The second-order valence-electron chi connectivity index (χ2n) is 3.98. The third-order valence-electron chi connectivity index (χ3n) is 3.01. The van der Waals surface area contributed by atoms with E-state index in [-0.39, 0.29) is 7.12 Å². The molecule has 4 nitrogen and oxygen atoms in total. The second kappa shape index (κ2) is 3.40. The van der Waals surface area contributed by atoms with Crippen molar-refractivity contribution in [1.29, 1.82) is 0 Å². The Morgan fingerprint density at radius 3 is 2.57 bits per heavy atom. The van der Waals surface area contributed by atoms with Crippen molar-refractivity contribution in [3.8, 4) is 0 Å². The fraction of sp³-hybridized carbons (Fsp3) is 0.667. The van der Waals surface area contributed by atoms with Gasteiger partial charge in [0, 0.05) is 6.20 Å². The van der Waals surface area contributed by atoms with Crippen molar-refractivity contribution >= 4 is 12.7 Å². The summed E-state index contributed by atoms with van der Waals surface area (Å²) in [6.45, 7) is 0. The zero-order valence-electron chi connectivity index (χ0n) is 7.98. The first-order valence-corrected chi connectivity index (χ1v) is 5.24. The Morgan fingerprint density at radius 1 is 1.29 bits per heavy atom. The molecule has 2 aliphatic rings. The molecule has 1 aliphatic carbocycles. The molecule has 1 aromatic heterocycles. The van der Waals surface area contributed by atoms with Gasteiger partial charge in [-0.1, -0.05) is 12.8 Å². The van der Waals surface area contributed by atoms with Crippen molar-refractivity contribution in [3.05, 3.63) is 12.3 Å². The lowest BCUT2D eigenvalue weighted by molar-refractivity contribution is 0.110. The van der Waals surface area contributed by atoms with Crippen LogP contribution >= 0.6 is 0 Å². The SMILES string of the molecule is c1cc(B2O[C@H]3CCCC[C@H]3O2)[nH]n1. The molecule has 0 unspecified atom stereocenters. The molecule has 1 saturated heterocycles. The van der Waals surface area contributed by atoms with Gasteiger partial charge < -0.3 is 9.31 Å². The zero-order valence-corrected chi connectivity index (χ0v) is 7.98. The van der Waals surface area contributed by atoms with Gasteiger partial charge in [-0.3, -0.25) is 5.10 Å². The van der Waals surface area contributed by atoms with Crippen LogP contribution in [0.25, 0.3) is 0 Å². The van der Waals surface area contributed by atoms with Gasteiger partial charge in [0.15, 0.2) is 0 Å². The summed E-state index contributed by atoms with van der Waals surface area (Å²) in [7, 11) is -0.217. The highest BCUT2D eigenvalue weighted by Crippen LogP contribution is 2.29. The monoisotopic (exact) mass is 192 g/mol. The highest BCUT2D eigenvalue weighted by Gasteiger charge is 2.42. The molecule has 14 heavy (non-hydrogen) atoms. The van der Waals surface area contributed by atoms with Crippen LogP contribution in [0.5, 0.6) is 0 Å². The van der Waals surface area contributed by atoms with E-state index >= 15 is 0 Å². The van der Waals surface area contributed by atoms with E-state index in [1.54, 1.807) is 6.20 Å². The van der Waals surface area contributed by atoms with Crippen LogP contribution in [0.2, 0.25) is 0 Å². The highest BCUT2D eigenvalue weighted by molar-refractivity contribution is 6.60. The van der Waals surface area contributed by atoms with Crippen LogP contribution in [0.15, 0.2) is 12.3 Å². The molecule has 0 amide bonds. The number of hydrogen-bond acceptors (Lipinski definition) is 3. The van der Waals surface area contributed by atoms with Crippen molar-refractivity contribution in [3.63, 3.8) is 0 Å². The Hall–Kier alpha value is -0.805. The van der Waals surface area contributed by atoms with Crippen LogP contribution in [0.4, 0.5) is 0 Å². The Bertz CT molecular complexity index is 290. The number of hydrogen-bond donors (Lipinski definition) is 1. The molecule has 0 radical (unpaired) electrons. The molecule has 3 rings (SSSR count). The molecule has 0 bridgehead atoms. The van der Waals surface area contributed by atoms with Gasteiger partial charge in [0.25, 0.3) is 0 Å². The first-order chi connectivity index (χ1) is 6.93. The minimum atomic E-state index is -0.217. The predicted molar refractivity (Wildman–Crippen MR) is 52.2 cm³/mol. The molecule has 5 heteroatoms. The summed E-state index contributed by atoms with van der Waals surface area (Å²) >= 11 is 0. The normalized spacial score (nSPS) is 31.9. The Balaban J connectivity index is 1.74. The van der Waals surface area contributed by atoms with Gasteiger partial charge in [0.2, 0.25) is 0 Å². The average molecular weight is 192 g/mol. The second-order valence-corrected chi connectivity index (χ2v) is 3.98. The summed E-state index contributed by atoms with van der Waals surface area (Å²) in [6.07, 6.45) is 7.13. The van der Waals surface area contributed by atoms with Crippen LogP contribution in [-0.2, 0) is 9.31 Å². The molecule has 2 fully saturated rings. The summed E-state index contributed by atoms with van der Waals surface area (Å²) in [5.74, 6) is 0. The van der Waals surface area contributed by atoms with E-state index < -0.39 is 0 Å². The van der Waals surface area contributed by atoms with Crippen molar-refractivity contribution in [2.75, 3.05) is 0 Å². The lowest BCUT2D eigenvalue weighted by Crippen LogP contribution is -2.33. The lowest BCUT2D eigenvalue weighted by atomic mass is 9.85. The van der Waals surface area contributed by atoms with Crippen LogP contribution in [0.3, 0.4) is 0 Å². The van der Waals surface area contributed by atoms with Gasteiger partial charge in [-0.2, -0.15) is 5.10 Å². The number of aromatic amines is 1. The zero-order chi connectivity index (χ0) is 9.38. The maximum absolute atomic E-state index is 5.82. The molecule has 0 aromatic carbocycles. The van der Waals surface area contributed by atoms with Crippen LogP contribution in [-0.4, -0.2) is 29.5 Å². The molecular formula is C9H13BN2O2. The van der Waals surface area contributed by atoms with E-state index in [2.05, 4.69) is 10.2 Å². The number of fused-ring (bicyclic) bond motifs is 1. The number of nitrogens with one attached hydrogen (secondary N) is 1. The first kappa shape index (κ1) is 8.50. The van der Waals surface area contributed by atoms with E-state index in [4.69, 9.17) is 9.31 Å². The first-order valence-electron chi connectivity index (χ1n) is 5.24. The molecule has 0 spiro atoms. The number of nitrogens with zero attached hydrogens (tertiary/aromatic N) is 1. The molecule has 74 valence electrons. The standard InChI is InChI=1S/C9H13BN2O2/c1-2-4-8-7(3-1)13-10(14-8)9-5-6-11-12-9/h5-8H,1-4H2,(H,11,12)/t7-,8+. The third kappa shape index (κ3) is 1.37. The maximum Gasteiger partial charge on any atom is 0.513 e. The van der Waals surface area contributed by atoms with Crippen molar-refractivity contribution < 1.29 is 9.31 Å². The molecular weight excluding hydrogens is 179 g/mol. The summed E-state index contributed by atoms with van der Waals surface area (Å²) in [5.41, 5.74) is 0.930. The molecule has 2 heterocycles. The van der Waals surface area contributed by atoms with E-state index in [0.29, 0.717) is 12.2 Å². The number of rotatable bonds is 1. The van der Waals surface area contributed by atoms with Crippen LogP contribution < -0.4 is 5.59 Å². The van der Waals surface area contributed by atoms with Gasteiger partial charge in [0.1, 0.15) is 0 Å². The van der Waals surface area contributed by atoms with Crippen molar-refractivity contribution in [2.45, 2.75) is 37.9 Å². The quantitative estimate of drug-likeness (QED) is 0.657. The van der Waals surface area contributed by atoms with E-state index in [1.165, 1.54) is 12.8 Å². The molecule has 2 atom stereocenters. The van der Waals surface area contributed by atoms with Crippen LogP contribution in [0.1, 0.15) is 25.7 Å². The molecule has 1 N–H and O–H groups in total. The van der Waals surface area contributed by atoms with Gasteiger partial charge in [-0.15, -0.1) is 0 Å². The smallest absolute Gasteiger partial charge is 0.401 e. The summed E-state index contributed by atoms with van der Waals surface area (Å²) in [6, 6.07) is 1.90. The van der Waals surface area contributed by atoms with Gasteiger partial charge >= 0.3 is 7.12 Å². The van der Waals surface area contributed by atoms with Gasteiger partial charge in [-0.25, -0.2) is 0 Å². The molecule has 1 aromatic rings. The largest absolute Gasteiger partial charge is 0.513 e. The fourth-order valence-electron chi connectivity index (χ4n) is 2.27. The highest BCUT2D eigenvalue weighted by atomic mass is 16.7. The van der Waals surface area contributed by atoms with Crippen LogP contribution in [0, 0.1) is 0 Å². The maximum atomic E-state index is 5.82. The average Bonchev–Trinajstić information content (AvgIpc) is 2.86. The topological polar surface area (TPSA) is 47.1 Å². The van der Waals surface area contributed by atoms with Gasteiger partial charge in [-0.05, 0) is 18.9 Å². The fourth-order valence-corrected chi connectivity index (χ4v) is 2.27. The van der Waals surface area contributed by atoms with E-state index in [0.717, 1.165) is 18.4 Å². The third-order valence-corrected chi connectivity index (χ3v) is 3.01. The van der Waals surface area contributed by atoms with E-state index in [1.807, 2.05) is 6.07 Å². The summed E-state index contributed by atoms with van der Waals surface area (Å²) in [5, 5.41) is 6.79. The minimum Gasteiger partial charge on any atom is -0.401 e. The summed E-state index contributed by atoms with van der Waals surface area (Å²) in [4.78, 5) is 0. The minimum absolute atomic E-state index is 0.217. The predicted octanol–water partition coefficient (Wildman–Crippen LogP) is 0.463. The van der Waals surface area contributed by atoms with Crippen molar-refractivity contribution in [2.24, 2.45) is 0 Å². The summed E-state index contributed by atoms with van der Waals surface area (Å²) < 4.78 is 11.6. The Labute approximate surface area is 83.1 Å². The molecule has 1 saturated carbocycles. The van der Waals surface area contributed by atoms with Crippen molar-refractivity contribution in [1.82, 2.24) is 10.2 Å². The number of aromatic nitrogens is 2. The molecule has 1 aliphatic heterocycles. The Kier molecular flexibility index (Phi) is 2.07. The lowest BCUT2D eigenvalue weighted by Gasteiger charge is -2.22. The Morgan fingerprint density at radius 2 is 2.00 bits per heavy atom. The number of H-pyrrole nitrogens is 1. The van der Waals surface area contributed by atoms with Gasteiger partial charge in [0.05, 0.1) is 17.8 Å².